The highest BCUT2D eigenvalue weighted by Crippen LogP contribution is 2.33. The van der Waals surface area contributed by atoms with Gasteiger partial charge in [-0.05, 0) is 53.9 Å². The molecule has 4 aromatic rings. The van der Waals surface area contributed by atoms with Crippen molar-refractivity contribution < 1.29 is 4.79 Å². The predicted octanol–water partition coefficient (Wildman–Crippen LogP) is 5.46. The van der Waals surface area contributed by atoms with Crippen LogP contribution in [0.15, 0.2) is 59.1 Å². The van der Waals surface area contributed by atoms with Gasteiger partial charge in [0.15, 0.2) is 0 Å². The third-order valence-corrected chi connectivity index (χ3v) is 5.38. The highest BCUT2D eigenvalue weighted by Gasteiger charge is 2.17. The van der Waals surface area contributed by atoms with E-state index in [1.807, 2.05) is 30.3 Å². The second-order valence-electron chi connectivity index (χ2n) is 6.80. The number of benzene rings is 3. The van der Waals surface area contributed by atoms with E-state index in [0.29, 0.717) is 12.1 Å². The first-order valence-corrected chi connectivity index (χ1v) is 9.87. The van der Waals surface area contributed by atoms with Crippen LogP contribution in [0.1, 0.15) is 34.8 Å². The molecule has 1 radical (unpaired) electrons. The summed E-state index contributed by atoms with van der Waals surface area (Å²) in [6.07, 6.45) is 2.09. The summed E-state index contributed by atoms with van der Waals surface area (Å²) in [7, 11) is 0. The molecule has 3 nitrogen and oxygen atoms in total. The van der Waals surface area contributed by atoms with E-state index in [4.69, 9.17) is 5.73 Å². The Labute approximate surface area is 166 Å². The Morgan fingerprint density at radius 2 is 1.93 bits per heavy atom. The lowest BCUT2D eigenvalue weighted by Gasteiger charge is -2.09. The molecule has 0 atom stereocenters. The molecule has 0 unspecified atom stereocenters. The van der Waals surface area contributed by atoms with Gasteiger partial charge in [-0.2, -0.15) is 0 Å². The predicted molar refractivity (Wildman–Crippen MR) is 114 cm³/mol. The van der Waals surface area contributed by atoms with Gasteiger partial charge in [0.25, 0.3) is 0 Å². The Morgan fingerprint density at radius 1 is 1.11 bits per heavy atom. The second kappa shape index (κ2) is 7.20. The molecule has 1 aromatic heterocycles. The third kappa shape index (κ3) is 3.26. The normalized spacial score (nSPS) is 11.3. The van der Waals surface area contributed by atoms with Gasteiger partial charge >= 0.3 is 0 Å². The van der Waals surface area contributed by atoms with Crippen LogP contribution in [-0.2, 0) is 13.0 Å². The van der Waals surface area contributed by atoms with Crippen LogP contribution in [0.3, 0.4) is 0 Å². The van der Waals surface area contributed by atoms with Crippen LogP contribution in [0.2, 0.25) is 0 Å². The van der Waals surface area contributed by atoms with Crippen molar-refractivity contribution in [3.8, 4) is 0 Å². The molecule has 0 fully saturated rings. The molecule has 1 amide bonds. The standard InChI is InChI=1S/C23H20BrN2O/c1-2-5-15-10-11-18-21(13-15)26(14-16-6-3-7-17(24)12-16)20-9-4-8-19(22(18)20)23(25)27/h3-4,6-10,12-13H,2,5,14H2,1H3,(H2,25,27). The first-order chi connectivity index (χ1) is 13.1. The lowest BCUT2D eigenvalue weighted by atomic mass is 10.0. The summed E-state index contributed by atoms with van der Waals surface area (Å²) in [4.78, 5) is 12.0. The van der Waals surface area contributed by atoms with E-state index in [9.17, 15) is 4.79 Å². The fourth-order valence-corrected chi connectivity index (χ4v) is 4.17. The van der Waals surface area contributed by atoms with Crippen LogP contribution in [0.5, 0.6) is 0 Å². The van der Waals surface area contributed by atoms with Gasteiger partial charge in [0.05, 0.1) is 11.0 Å². The number of carbonyl (C=O) groups is 1. The van der Waals surface area contributed by atoms with Crippen LogP contribution in [0.4, 0.5) is 0 Å². The van der Waals surface area contributed by atoms with E-state index in [1.165, 1.54) is 11.1 Å². The zero-order chi connectivity index (χ0) is 19.0. The molecule has 0 aliphatic heterocycles. The number of fused-ring (bicyclic) bond motifs is 3. The zero-order valence-corrected chi connectivity index (χ0v) is 16.7. The minimum atomic E-state index is -0.409. The summed E-state index contributed by atoms with van der Waals surface area (Å²) in [5, 5.41) is 1.84. The number of carbonyl (C=O) groups excluding carboxylic acids is 1. The van der Waals surface area contributed by atoms with Gasteiger partial charge in [0, 0.05) is 27.4 Å². The molecular weight excluding hydrogens is 400 g/mol. The molecule has 135 valence electrons. The van der Waals surface area contributed by atoms with Gasteiger partial charge < -0.3 is 10.3 Å². The Balaban J connectivity index is 2.02. The molecule has 2 N–H and O–H groups in total. The van der Waals surface area contributed by atoms with Gasteiger partial charge in [0.1, 0.15) is 0 Å². The van der Waals surface area contributed by atoms with Crippen molar-refractivity contribution in [3.63, 3.8) is 0 Å². The monoisotopic (exact) mass is 419 g/mol. The summed E-state index contributed by atoms with van der Waals surface area (Å²) in [5.74, 6) is -0.409. The number of halogens is 1. The van der Waals surface area contributed by atoms with Crippen molar-refractivity contribution in [2.45, 2.75) is 26.3 Å². The van der Waals surface area contributed by atoms with Crippen molar-refractivity contribution in [1.82, 2.24) is 4.57 Å². The minimum Gasteiger partial charge on any atom is -0.366 e. The highest BCUT2D eigenvalue weighted by molar-refractivity contribution is 9.10. The van der Waals surface area contributed by atoms with Crippen LogP contribution < -0.4 is 5.73 Å². The van der Waals surface area contributed by atoms with Gasteiger partial charge in [-0.15, -0.1) is 0 Å². The van der Waals surface area contributed by atoms with Gasteiger partial charge in [-0.3, -0.25) is 4.79 Å². The molecule has 0 spiro atoms. The number of hydrogen-bond acceptors (Lipinski definition) is 1. The van der Waals surface area contributed by atoms with E-state index in [-0.39, 0.29) is 0 Å². The maximum atomic E-state index is 12.0. The molecule has 0 aliphatic carbocycles. The first kappa shape index (κ1) is 17.8. The van der Waals surface area contributed by atoms with E-state index in [1.54, 1.807) is 6.07 Å². The molecule has 0 aliphatic rings. The smallest absolute Gasteiger partial charge is 0.249 e. The largest absolute Gasteiger partial charge is 0.366 e. The van der Waals surface area contributed by atoms with Crippen molar-refractivity contribution in [2.75, 3.05) is 0 Å². The lowest BCUT2D eigenvalue weighted by molar-refractivity contribution is 0.100. The maximum Gasteiger partial charge on any atom is 0.249 e. The van der Waals surface area contributed by atoms with Crippen molar-refractivity contribution in [1.29, 1.82) is 0 Å². The third-order valence-electron chi connectivity index (χ3n) is 4.89. The number of amides is 1. The molecule has 0 saturated heterocycles. The summed E-state index contributed by atoms with van der Waals surface area (Å²) in [6.45, 7) is 2.89. The average Bonchev–Trinajstić information content (AvgIpc) is 2.95. The number of hydrogen-bond donors (Lipinski definition) is 1. The Hall–Kier alpha value is -2.59. The number of nitrogens with zero attached hydrogens (tertiary/aromatic N) is 1. The number of aryl methyl sites for hydroxylation is 1. The van der Waals surface area contributed by atoms with Crippen LogP contribution in [-0.4, -0.2) is 10.5 Å². The van der Waals surface area contributed by atoms with Crippen LogP contribution in [0.25, 0.3) is 21.8 Å². The van der Waals surface area contributed by atoms with E-state index in [2.05, 4.69) is 51.7 Å². The lowest BCUT2D eigenvalue weighted by Crippen LogP contribution is -2.11. The molecular formula is C23H20BrN2O. The Kier molecular flexibility index (Phi) is 4.75. The average molecular weight is 420 g/mol. The zero-order valence-electron chi connectivity index (χ0n) is 15.1. The van der Waals surface area contributed by atoms with Crippen molar-refractivity contribution in [3.05, 3.63) is 81.8 Å². The quantitative estimate of drug-likeness (QED) is 0.458. The van der Waals surface area contributed by atoms with Crippen molar-refractivity contribution >= 4 is 43.6 Å². The number of nitrogens with two attached hydrogens (primary N) is 1. The number of primary amides is 1. The molecule has 4 heteroatoms. The molecule has 0 saturated carbocycles. The SMILES string of the molecule is CCCc1c[c]c2c3c(C(N)=O)cccc3n(Cc3cccc(Br)c3)c2c1. The highest BCUT2D eigenvalue weighted by atomic mass is 79.9. The van der Waals surface area contributed by atoms with Crippen molar-refractivity contribution in [2.24, 2.45) is 5.73 Å². The molecule has 1 heterocycles. The van der Waals surface area contributed by atoms with Gasteiger partial charge in [-0.1, -0.05) is 53.5 Å². The molecule has 4 rings (SSSR count). The van der Waals surface area contributed by atoms with E-state index >= 15 is 0 Å². The Bertz CT molecular complexity index is 1160. The number of rotatable bonds is 5. The fraction of sp³-hybridized carbons (Fsp3) is 0.174. The fourth-order valence-electron chi connectivity index (χ4n) is 3.73. The van der Waals surface area contributed by atoms with Crippen LogP contribution >= 0.6 is 15.9 Å². The summed E-state index contributed by atoms with van der Waals surface area (Å²) >= 11 is 3.55. The summed E-state index contributed by atoms with van der Waals surface area (Å²) in [6, 6.07) is 21.7. The van der Waals surface area contributed by atoms with Gasteiger partial charge in [-0.25, -0.2) is 0 Å². The topological polar surface area (TPSA) is 48.0 Å². The molecule has 3 aromatic carbocycles. The van der Waals surface area contributed by atoms with E-state index in [0.717, 1.165) is 39.1 Å². The Morgan fingerprint density at radius 3 is 2.67 bits per heavy atom. The summed E-state index contributed by atoms with van der Waals surface area (Å²) in [5.41, 5.74) is 10.7. The molecule has 0 bridgehead atoms. The second-order valence-corrected chi connectivity index (χ2v) is 7.71. The van der Waals surface area contributed by atoms with E-state index < -0.39 is 5.91 Å². The van der Waals surface area contributed by atoms with Gasteiger partial charge in [0.2, 0.25) is 5.91 Å². The number of aromatic nitrogens is 1. The minimum absolute atomic E-state index is 0.409. The maximum absolute atomic E-state index is 12.0. The summed E-state index contributed by atoms with van der Waals surface area (Å²) < 4.78 is 3.31. The molecule has 27 heavy (non-hydrogen) atoms. The first-order valence-electron chi connectivity index (χ1n) is 9.08. The van der Waals surface area contributed by atoms with Crippen LogP contribution in [0, 0.1) is 6.07 Å².